The van der Waals surface area contributed by atoms with Crippen molar-refractivity contribution in [1.82, 2.24) is 0 Å². The second-order valence-corrected chi connectivity index (χ2v) is 15.8. The molecule has 280 valence electrons. The Morgan fingerprint density at radius 1 is 0.385 bits per heavy atom. The molecule has 3 aliphatic carbocycles. The van der Waals surface area contributed by atoms with E-state index in [1.807, 2.05) is 0 Å². The predicted octanol–water partition coefficient (Wildman–Crippen LogP) is 10.8. The molecule has 3 aromatic rings. The minimum absolute atomic E-state index is 0.424. The van der Waals surface area contributed by atoms with Gasteiger partial charge in [-0.3, -0.25) is 0 Å². The molecule has 0 N–H and O–H groups in total. The fourth-order valence-electron chi connectivity index (χ4n) is 10.7. The van der Waals surface area contributed by atoms with Gasteiger partial charge in [-0.25, -0.2) is 9.59 Å². The molecule has 52 heavy (non-hydrogen) atoms. The predicted molar refractivity (Wildman–Crippen MR) is 214 cm³/mol. The third-order valence-corrected chi connectivity index (χ3v) is 12.6. The van der Waals surface area contributed by atoms with Crippen molar-refractivity contribution >= 4 is 11.9 Å². The van der Waals surface area contributed by atoms with Crippen LogP contribution in [0.4, 0.5) is 0 Å². The van der Waals surface area contributed by atoms with E-state index in [0.29, 0.717) is 11.1 Å². The summed E-state index contributed by atoms with van der Waals surface area (Å²) in [6, 6.07) is 0. The van der Waals surface area contributed by atoms with E-state index in [4.69, 9.17) is 9.47 Å². The second-order valence-electron chi connectivity index (χ2n) is 15.8. The lowest BCUT2D eigenvalue weighted by Crippen LogP contribution is -2.27. The number of ether oxygens (including phenoxy) is 2. The van der Waals surface area contributed by atoms with E-state index in [2.05, 4.69) is 41.5 Å². The Hall–Kier alpha value is -3.40. The molecular weight excluding hydrogens is 641 g/mol. The van der Waals surface area contributed by atoms with Gasteiger partial charge in [-0.2, -0.15) is 0 Å². The molecule has 4 heteroatoms. The van der Waals surface area contributed by atoms with Gasteiger partial charge in [0.2, 0.25) is 0 Å². The number of rotatable bonds is 14. The van der Waals surface area contributed by atoms with Gasteiger partial charge in [0, 0.05) is 0 Å². The summed E-state index contributed by atoms with van der Waals surface area (Å²) in [6.45, 7) is 13.7. The van der Waals surface area contributed by atoms with Crippen molar-refractivity contribution in [2.75, 3.05) is 14.2 Å². The van der Waals surface area contributed by atoms with E-state index in [9.17, 15) is 9.59 Å². The van der Waals surface area contributed by atoms with Gasteiger partial charge >= 0.3 is 11.9 Å². The van der Waals surface area contributed by atoms with Gasteiger partial charge in [0.1, 0.15) is 0 Å². The van der Waals surface area contributed by atoms with Crippen LogP contribution in [0.25, 0.3) is 0 Å². The third kappa shape index (κ3) is 6.55. The highest BCUT2D eigenvalue weighted by Gasteiger charge is 2.37. The van der Waals surface area contributed by atoms with Crippen molar-refractivity contribution < 1.29 is 19.1 Å². The minimum Gasteiger partial charge on any atom is -0.465 e. The lowest BCUT2D eigenvalue weighted by Gasteiger charge is -2.38. The molecule has 0 unspecified atom stereocenters. The highest BCUT2D eigenvalue weighted by atomic mass is 16.5. The molecule has 0 heterocycles. The lowest BCUT2D eigenvalue weighted by molar-refractivity contribution is 0.0552. The van der Waals surface area contributed by atoms with Gasteiger partial charge in [0.15, 0.2) is 0 Å². The van der Waals surface area contributed by atoms with Crippen LogP contribution < -0.4 is 0 Å². The zero-order valence-corrected chi connectivity index (χ0v) is 33.8. The summed E-state index contributed by atoms with van der Waals surface area (Å²) < 4.78 is 10.8. The number of methoxy groups -OCH3 is 2. The molecular formula is C48H64O4. The molecule has 0 spiro atoms. The minimum atomic E-state index is -0.424. The fourth-order valence-corrected chi connectivity index (χ4v) is 10.7. The second kappa shape index (κ2) is 16.7. The summed E-state index contributed by atoms with van der Waals surface area (Å²) in [6.07, 6.45) is 21.3. The summed E-state index contributed by atoms with van der Waals surface area (Å²) in [7, 11) is 2.87. The Labute approximate surface area is 314 Å². The molecule has 0 aromatic heterocycles. The maximum absolute atomic E-state index is 13.7. The Morgan fingerprint density at radius 2 is 0.615 bits per heavy atom. The summed E-state index contributed by atoms with van der Waals surface area (Å²) in [5.74, 6) is -0.848. The molecule has 0 saturated carbocycles. The Balaban J connectivity index is 1.67. The van der Waals surface area contributed by atoms with E-state index >= 15 is 0 Å². The first-order valence-corrected chi connectivity index (χ1v) is 21.0. The normalized spacial score (nSPS) is 14.2. The molecule has 0 bridgehead atoms. The van der Waals surface area contributed by atoms with Crippen LogP contribution in [0.2, 0.25) is 0 Å². The molecule has 0 atom stereocenters. The summed E-state index contributed by atoms with van der Waals surface area (Å²) in [5.41, 5.74) is 25.1. The SMILES string of the molecule is CCCc1c2c(c(CCC)c3c1Cc1c(CCC)c4c(c(CCC)c1C3)Cc1c(c(CCC)c(C(=O)OC)c(C(=O)OC)c1CCC)C4)CCCC2. The largest absolute Gasteiger partial charge is 0.465 e. The smallest absolute Gasteiger partial charge is 0.339 e. The first-order chi connectivity index (χ1) is 25.3. The molecule has 0 aliphatic heterocycles. The Morgan fingerprint density at radius 3 is 0.865 bits per heavy atom. The van der Waals surface area contributed by atoms with Gasteiger partial charge < -0.3 is 9.47 Å². The molecule has 3 aliphatic rings. The number of hydrogen-bond donors (Lipinski definition) is 0. The highest BCUT2D eigenvalue weighted by Crippen LogP contribution is 2.47. The maximum atomic E-state index is 13.7. The summed E-state index contributed by atoms with van der Waals surface area (Å²) in [5, 5.41) is 0. The van der Waals surface area contributed by atoms with Gasteiger partial charge in [-0.1, -0.05) is 80.1 Å². The Kier molecular flexibility index (Phi) is 12.3. The number of carbonyl (C=O) groups is 2. The van der Waals surface area contributed by atoms with Crippen molar-refractivity contribution in [2.45, 2.75) is 170 Å². The average molecular weight is 705 g/mol. The van der Waals surface area contributed by atoms with Crippen LogP contribution in [-0.2, 0) is 86.5 Å². The van der Waals surface area contributed by atoms with Gasteiger partial charge in [0.25, 0.3) is 0 Å². The van der Waals surface area contributed by atoms with Gasteiger partial charge in [-0.15, -0.1) is 0 Å². The topological polar surface area (TPSA) is 52.6 Å². The van der Waals surface area contributed by atoms with Crippen molar-refractivity contribution in [3.05, 3.63) is 100 Å². The average Bonchev–Trinajstić information content (AvgIpc) is 3.16. The van der Waals surface area contributed by atoms with Crippen LogP contribution in [0, 0.1) is 0 Å². The van der Waals surface area contributed by atoms with E-state index in [-0.39, 0.29) is 0 Å². The standard InChI is InChI=1S/C48H64O4/c1-9-17-29-33-23-15-16-24-34(33)30(18-10-2)38-26-40-32(20-12-4)42-28-44-36(22-14-6)46(48(50)52-8)45(47(49)51-7)35(21-13-5)43(44)27-41(42)31(19-11-3)39(40)25-37(29)38/h9-28H2,1-8H3. The zero-order valence-electron chi connectivity index (χ0n) is 33.8. The molecule has 0 amide bonds. The van der Waals surface area contributed by atoms with Crippen LogP contribution in [-0.4, -0.2) is 26.2 Å². The van der Waals surface area contributed by atoms with Crippen LogP contribution in [0.15, 0.2) is 0 Å². The van der Waals surface area contributed by atoms with Crippen molar-refractivity contribution in [1.29, 1.82) is 0 Å². The zero-order chi connectivity index (χ0) is 37.1. The van der Waals surface area contributed by atoms with Crippen LogP contribution in [0.5, 0.6) is 0 Å². The van der Waals surface area contributed by atoms with E-state index in [1.165, 1.54) is 87.8 Å². The molecule has 0 saturated heterocycles. The first kappa shape index (κ1) is 38.3. The first-order valence-electron chi connectivity index (χ1n) is 21.0. The molecule has 6 rings (SSSR count). The number of esters is 2. The fraction of sp³-hybridized carbons (Fsp3) is 0.583. The van der Waals surface area contributed by atoms with Crippen molar-refractivity contribution in [2.24, 2.45) is 0 Å². The number of carbonyl (C=O) groups excluding carboxylic acids is 2. The van der Waals surface area contributed by atoms with Gasteiger partial charge in [-0.05, 0) is 179 Å². The van der Waals surface area contributed by atoms with E-state index < -0.39 is 11.9 Å². The Bertz CT molecular complexity index is 1720. The van der Waals surface area contributed by atoms with Crippen LogP contribution >= 0.6 is 0 Å². The van der Waals surface area contributed by atoms with Crippen molar-refractivity contribution in [3.8, 4) is 0 Å². The molecule has 4 nitrogen and oxygen atoms in total. The monoisotopic (exact) mass is 704 g/mol. The van der Waals surface area contributed by atoms with E-state index in [0.717, 1.165) is 88.2 Å². The number of benzene rings is 3. The third-order valence-electron chi connectivity index (χ3n) is 12.6. The molecule has 0 radical (unpaired) electrons. The molecule has 0 fully saturated rings. The summed E-state index contributed by atoms with van der Waals surface area (Å²) >= 11 is 0. The van der Waals surface area contributed by atoms with Gasteiger partial charge in [0.05, 0.1) is 25.3 Å². The quantitative estimate of drug-likeness (QED) is 0.108. The molecule has 3 aromatic carbocycles. The number of fused-ring (bicyclic) bond motifs is 5. The highest BCUT2D eigenvalue weighted by molar-refractivity contribution is 6.06. The summed E-state index contributed by atoms with van der Waals surface area (Å²) in [4.78, 5) is 27.4. The van der Waals surface area contributed by atoms with Crippen molar-refractivity contribution in [3.63, 3.8) is 0 Å². The van der Waals surface area contributed by atoms with Crippen LogP contribution in [0.1, 0.15) is 203 Å². The lowest BCUT2D eigenvalue weighted by atomic mass is 9.67. The van der Waals surface area contributed by atoms with E-state index in [1.54, 1.807) is 55.6 Å². The number of hydrogen-bond acceptors (Lipinski definition) is 4. The van der Waals surface area contributed by atoms with Crippen LogP contribution in [0.3, 0.4) is 0 Å². The maximum Gasteiger partial charge on any atom is 0.339 e.